The number of nitrogens with one attached hydrogen (secondary N) is 2. The molecule has 0 radical (unpaired) electrons. The SMILES string of the molecule is CN=C(NCc1csc(Br)c1)NCC(C)(O)c1cccs1. The van der Waals surface area contributed by atoms with Gasteiger partial charge in [-0.15, -0.1) is 22.7 Å². The first-order chi connectivity index (χ1) is 10.0. The fraction of sp³-hybridized carbons (Fsp3) is 0.357. The molecule has 0 aromatic carbocycles. The van der Waals surface area contributed by atoms with E-state index in [-0.39, 0.29) is 0 Å². The van der Waals surface area contributed by atoms with Crippen LogP contribution < -0.4 is 10.6 Å². The largest absolute Gasteiger partial charge is 0.383 e. The van der Waals surface area contributed by atoms with E-state index in [0.29, 0.717) is 19.0 Å². The van der Waals surface area contributed by atoms with E-state index in [4.69, 9.17) is 0 Å². The van der Waals surface area contributed by atoms with Crippen molar-refractivity contribution in [2.24, 2.45) is 4.99 Å². The van der Waals surface area contributed by atoms with Gasteiger partial charge in [0.25, 0.3) is 0 Å². The molecule has 0 aliphatic rings. The van der Waals surface area contributed by atoms with Crippen molar-refractivity contribution in [1.29, 1.82) is 0 Å². The highest BCUT2D eigenvalue weighted by Crippen LogP contribution is 2.24. The molecule has 0 aliphatic carbocycles. The molecule has 3 N–H and O–H groups in total. The Morgan fingerprint density at radius 2 is 2.24 bits per heavy atom. The monoisotopic (exact) mass is 387 g/mol. The number of aliphatic imine (C=N–C) groups is 1. The van der Waals surface area contributed by atoms with Crippen molar-refractivity contribution in [3.05, 3.63) is 43.2 Å². The zero-order valence-electron chi connectivity index (χ0n) is 11.9. The maximum absolute atomic E-state index is 10.5. The number of guanidine groups is 1. The van der Waals surface area contributed by atoms with Crippen molar-refractivity contribution < 1.29 is 5.11 Å². The Morgan fingerprint density at radius 3 is 2.81 bits per heavy atom. The van der Waals surface area contributed by atoms with E-state index in [2.05, 4.69) is 43.0 Å². The number of halogens is 1. The number of rotatable bonds is 5. The Morgan fingerprint density at radius 1 is 1.43 bits per heavy atom. The first kappa shape index (κ1) is 16.5. The third-order valence-corrected chi connectivity index (χ3v) is 5.63. The standard InChI is InChI=1S/C14H18BrN3OS2/c1-14(19,11-4-3-5-20-11)9-18-13(16-2)17-7-10-6-12(15)21-8-10/h3-6,8,19H,7,9H2,1-2H3,(H2,16,17,18). The van der Waals surface area contributed by atoms with Crippen molar-refractivity contribution in [3.63, 3.8) is 0 Å². The minimum atomic E-state index is -0.906. The summed E-state index contributed by atoms with van der Waals surface area (Å²) < 4.78 is 1.11. The maximum Gasteiger partial charge on any atom is 0.191 e. The summed E-state index contributed by atoms with van der Waals surface area (Å²) in [7, 11) is 1.72. The van der Waals surface area contributed by atoms with Gasteiger partial charge in [-0.1, -0.05) is 6.07 Å². The average molecular weight is 388 g/mol. The van der Waals surface area contributed by atoms with Gasteiger partial charge in [0.05, 0.1) is 10.3 Å². The summed E-state index contributed by atoms with van der Waals surface area (Å²) in [6, 6.07) is 5.95. The molecule has 4 nitrogen and oxygen atoms in total. The normalized spacial score (nSPS) is 14.8. The molecule has 1 atom stereocenters. The highest BCUT2D eigenvalue weighted by atomic mass is 79.9. The molecule has 0 amide bonds. The van der Waals surface area contributed by atoms with Crippen LogP contribution in [0.25, 0.3) is 0 Å². The molecule has 2 aromatic heterocycles. The Labute approximate surface area is 141 Å². The van der Waals surface area contributed by atoms with Gasteiger partial charge in [0, 0.05) is 18.5 Å². The van der Waals surface area contributed by atoms with Crippen LogP contribution in [-0.4, -0.2) is 24.7 Å². The Balaban J connectivity index is 1.85. The van der Waals surface area contributed by atoms with Gasteiger partial charge < -0.3 is 15.7 Å². The molecular formula is C14H18BrN3OS2. The Hall–Kier alpha value is -0.890. The lowest BCUT2D eigenvalue weighted by atomic mass is 10.1. The fourth-order valence-electron chi connectivity index (χ4n) is 1.77. The highest BCUT2D eigenvalue weighted by molar-refractivity contribution is 9.11. The number of hydrogen-bond acceptors (Lipinski definition) is 4. The second kappa shape index (κ2) is 7.40. The topological polar surface area (TPSA) is 56.7 Å². The summed E-state index contributed by atoms with van der Waals surface area (Å²) in [5, 5.41) is 20.9. The summed E-state index contributed by atoms with van der Waals surface area (Å²) in [4.78, 5) is 5.11. The molecule has 1 unspecified atom stereocenters. The Kier molecular flexibility index (Phi) is 5.80. The van der Waals surface area contributed by atoms with Crippen LogP contribution in [0.3, 0.4) is 0 Å². The molecule has 0 fully saturated rings. The third kappa shape index (κ3) is 4.81. The molecule has 2 heterocycles. The third-order valence-electron chi connectivity index (χ3n) is 2.96. The average Bonchev–Trinajstić information content (AvgIpc) is 3.10. The minimum Gasteiger partial charge on any atom is -0.383 e. The first-order valence-electron chi connectivity index (χ1n) is 6.45. The lowest BCUT2D eigenvalue weighted by molar-refractivity contribution is 0.0655. The lowest BCUT2D eigenvalue weighted by Crippen LogP contribution is -2.43. The van der Waals surface area contributed by atoms with Gasteiger partial charge >= 0.3 is 0 Å². The number of nitrogens with zero attached hydrogens (tertiary/aromatic N) is 1. The zero-order chi connectivity index (χ0) is 15.3. The van der Waals surface area contributed by atoms with Gasteiger partial charge in [-0.3, -0.25) is 4.99 Å². The van der Waals surface area contributed by atoms with Crippen LogP contribution in [0.15, 0.2) is 37.7 Å². The fourth-order valence-corrected chi connectivity index (χ4v) is 3.77. The molecule has 114 valence electrons. The quantitative estimate of drug-likeness (QED) is 0.545. The van der Waals surface area contributed by atoms with Gasteiger partial charge in [-0.2, -0.15) is 0 Å². The van der Waals surface area contributed by atoms with E-state index in [1.165, 1.54) is 5.56 Å². The smallest absolute Gasteiger partial charge is 0.191 e. The first-order valence-corrected chi connectivity index (χ1v) is 9.00. The molecule has 0 saturated heterocycles. The van der Waals surface area contributed by atoms with E-state index < -0.39 is 5.60 Å². The predicted molar refractivity (Wildman–Crippen MR) is 94.1 cm³/mol. The molecule has 0 spiro atoms. The second-order valence-corrected chi connectivity index (χ2v) is 8.03. The van der Waals surface area contributed by atoms with E-state index in [1.54, 1.807) is 36.6 Å². The number of hydrogen-bond donors (Lipinski definition) is 3. The summed E-state index contributed by atoms with van der Waals surface area (Å²) >= 11 is 6.65. The summed E-state index contributed by atoms with van der Waals surface area (Å²) in [5.74, 6) is 0.675. The van der Waals surface area contributed by atoms with Crippen molar-refractivity contribution in [1.82, 2.24) is 10.6 Å². The summed E-state index contributed by atoms with van der Waals surface area (Å²) in [5.41, 5.74) is 0.289. The van der Waals surface area contributed by atoms with Crippen LogP contribution in [0.5, 0.6) is 0 Å². The van der Waals surface area contributed by atoms with Crippen LogP contribution >= 0.6 is 38.6 Å². The van der Waals surface area contributed by atoms with Crippen molar-refractivity contribution in [3.8, 4) is 0 Å². The van der Waals surface area contributed by atoms with Gasteiger partial charge in [-0.25, -0.2) is 0 Å². The minimum absolute atomic E-state index is 0.403. The number of thiophene rings is 2. The molecule has 21 heavy (non-hydrogen) atoms. The summed E-state index contributed by atoms with van der Waals surface area (Å²) in [6.07, 6.45) is 0. The molecule has 0 saturated carbocycles. The van der Waals surface area contributed by atoms with Gasteiger partial charge in [0.1, 0.15) is 5.60 Å². The van der Waals surface area contributed by atoms with Gasteiger partial charge in [-0.05, 0) is 51.3 Å². The van der Waals surface area contributed by atoms with Crippen molar-refractivity contribution in [2.45, 2.75) is 19.1 Å². The molecule has 2 aromatic rings. The van der Waals surface area contributed by atoms with E-state index in [9.17, 15) is 5.11 Å². The predicted octanol–water partition coefficient (Wildman–Crippen LogP) is 3.14. The zero-order valence-corrected chi connectivity index (χ0v) is 15.1. The van der Waals surface area contributed by atoms with Crippen molar-refractivity contribution >= 4 is 44.6 Å². The van der Waals surface area contributed by atoms with Crippen molar-refractivity contribution in [2.75, 3.05) is 13.6 Å². The molecular weight excluding hydrogens is 370 g/mol. The lowest BCUT2D eigenvalue weighted by Gasteiger charge is -2.23. The van der Waals surface area contributed by atoms with Crippen LogP contribution in [0.4, 0.5) is 0 Å². The van der Waals surface area contributed by atoms with E-state index in [1.807, 2.05) is 17.5 Å². The van der Waals surface area contributed by atoms with Crippen LogP contribution in [0, 0.1) is 0 Å². The second-order valence-electron chi connectivity index (χ2n) is 4.79. The molecule has 2 rings (SSSR count). The highest BCUT2D eigenvalue weighted by Gasteiger charge is 2.24. The molecule has 0 bridgehead atoms. The molecule has 7 heteroatoms. The van der Waals surface area contributed by atoms with E-state index in [0.717, 1.165) is 8.66 Å². The Bertz CT molecular complexity index is 593. The van der Waals surface area contributed by atoms with Crippen LogP contribution in [-0.2, 0) is 12.1 Å². The maximum atomic E-state index is 10.5. The molecule has 0 aliphatic heterocycles. The van der Waals surface area contributed by atoms with E-state index >= 15 is 0 Å². The number of aliphatic hydroxyl groups is 1. The van der Waals surface area contributed by atoms with Crippen LogP contribution in [0.2, 0.25) is 0 Å². The van der Waals surface area contributed by atoms with Crippen LogP contribution in [0.1, 0.15) is 17.4 Å². The van der Waals surface area contributed by atoms with Gasteiger partial charge in [0.2, 0.25) is 0 Å². The summed E-state index contributed by atoms with van der Waals surface area (Å²) in [6.45, 7) is 2.90. The van der Waals surface area contributed by atoms with Gasteiger partial charge in [0.15, 0.2) is 5.96 Å².